The number of rotatable bonds is 13. The summed E-state index contributed by atoms with van der Waals surface area (Å²) in [5.41, 5.74) is 7.05. The first-order chi connectivity index (χ1) is 23.4. The second kappa shape index (κ2) is 14.6. The van der Waals surface area contributed by atoms with E-state index in [1.807, 2.05) is 39.0 Å². The van der Waals surface area contributed by atoms with Gasteiger partial charge in [-0.05, 0) is 94.5 Å². The second-order valence-corrected chi connectivity index (χ2v) is 16.1. The molecule has 0 fully saturated rings. The topological polar surface area (TPSA) is 83.1 Å². The van der Waals surface area contributed by atoms with Crippen molar-refractivity contribution < 1.29 is 42.6 Å². The molecule has 0 bridgehead atoms. The molecule has 0 aromatic heterocycles. The van der Waals surface area contributed by atoms with Crippen LogP contribution in [0.15, 0.2) is 40.5 Å². The summed E-state index contributed by atoms with van der Waals surface area (Å²) < 4.78 is 56.9. The van der Waals surface area contributed by atoms with E-state index in [-0.39, 0.29) is 5.54 Å². The normalized spacial score (nSPS) is 13.5. The molecule has 0 heterocycles. The fraction of sp³-hybridized carbons (Fsp3) is 0.436. The number of methoxy groups -OCH3 is 9. The fourth-order valence-electron chi connectivity index (χ4n) is 7.97. The van der Waals surface area contributed by atoms with Crippen LogP contribution in [-0.2, 0) is 0 Å². The van der Waals surface area contributed by atoms with E-state index in [0.29, 0.717) is 51.7 Å². The van der Waals surface area contributed by atoms with Crippen LogP contribution in [0.25, 0.3) is 0 Å². The molecule has 0 radical (unpaired) electrons. The zero-order valence-corrected chi connectivity index (χ0v) is 33.0. The van der Waals surface area contributed by atoms with Gasteiger partial charge in [0.05, 0.1) is 64.0 Å². The summed E-state index contributed by atoms with van der Waals surface area (Å²) in [4.78, 5) is 0. The molecule has 266 valence electrons. The Kier molecular flexibility index (Phi) is 11.1. The highest BCUT2D eigenvalue weighted by atomic mass is 28.3. The predicted octanol–water partition coefficient (Wildman–Crippen LogP) is 6.22. The monoisotopic (exact) mass is 692 g/mol. The van der Waals surface area contributed by atoms with Gasteiger partial charge in [-0.15, -0.1) is 0 Å². The average molecular weight is 693 g/mol. The lowest BCUT2D eigenvalue weighted by molar-refractivity contribution is 0.347. The number of ether oxygens (including phenoxy) is 9. The predicted molar refractivity (Wildman–Crippen MR) is 198 cm³/mol. The summed E-state index contributed by atoms with van der Waals surface area (Å²) in [6.45, 7) is 14.7. The third-order valence-electron chi connectivity index (χ3n) is 10.3. The van der Waals surface area contributed by atoms with Gasteiger partial charge < -0.3 is 42.6 Å². The van der Waals surface area contributed by atoms with Crippen LogP contribution in [0.1, 0.15) is 44.4 Å². The van der Waals surface area contributed by atoms with Crippen molar-refractivity contribution in [2.45, 2.75) is 54.0 Å². The van der Waals surface area contributed by atoms with Crippen molar-refractivity contribution in [2.24, 2.45) is 0 Å². The fourth-order valence-corrected chi connectivity index (χ4v) is 14.7. The van der Waals surface area contributed by atoms with Gasteiger partial charge in [-0.2, -0.15) is 0 Å². The van der Waals surface area contributed by atoms with Crippen LogP contribution in [0.4, 0.5) is 0 Å². The lowest BCUT2D eigenvalue weighted by atomic mass is 10.1. The minimum Gasteiger partial charge on any atom is -0.497 e. The van der Waals surface area contributed by atoms with Crippen LogP contribution in [0.5, 0.6) is 51.7 Å². The van der Waals surface area contributed by atoms with Crippen LogP contribution in [0, 0.1) is 20.8 Å². The maximum atomic E-state index is 6.45. The van der Waals surface area contributed by atoms with Crippen LogP contribution < -0.4 is 58.2 Å². The molecule has 0 saturated heterocycles. The van der Waals surface area contributed by atoms with E-state index in [1.54, 1.807) is 64.0 Å². The molecule has 0 spiro atoms. The van der Waals surface area contributed by atoms with Crippen molar-refractivity contribution in [1.29, 1.82) is 0 Å². The molecule has 0 atom stereocenters. The minimum absolute atomic E-state index is 0.256. The average Bonchev–Trinajstić information content (AvgIpc) is 3.29. The van der Waals surface area contributed by atoms with Gasteiger partial charge >= 0.3 is 0 Å². The number of hydrogen-bond acceptors (Lipinski definition) is 9. The minimum atomic E-state index is -3.91. The standard InChI is InChI=1S/C39H52O9Si/c1-20-17-27(40-8)37(33(46-14)30(20)43-11)49(36-25(6)23(4)24(5)26(36)7,38-28(41-9)18-21(2)31(44-12)34(38)47-15)39-29(42-10)19-22(3)32(45-13)35(39)48-16/h17-19,36H,1-16H3. The summed E-state index contributed by atoms with van der Waals surface area (Å²) in [7, 11) is 11.0. The summed E-state index contributed by atoms with van der Waals surface area (Å²) in [6.07, 6.45) is 0. The first kappa shape index (κ1) is 37.4. The highest BCUT2D eigenvalue weighted by Gasteiger charge is 2.60. The molecule has 49 heavy (non-hydrogen) atoms. The summed E-state index contributed by atoms with van der Waals surface area (Å²) >= 11 is 0. The van der Waals surface area contributed by atoms with Crippen molar-refractivity contribution >= 4 is 23.6 Å². The number of hydrogen-bond donors (Lipinski definition) is 0. The quantitative estimate of drug-likeness (QED) is 0.153. The zero-order chi connectivity index (χ0) is 36.5. The summed E-state index contributed by atoms with van der Waals surface area (Å²) in [6, 6.07) is 6.00. The first-order valence-electron chi connectivity index (χ1n) is 16.1. The van der Waals surface area contributed by atoms with Gasteiger partial charge in [-0.1, -0.05) is 11.1 Å². The summed E-state index contributed by atoms with van der Waals surface area (Å²) in [5, 5.41) is 2.36. The van der Waals surface area contributed by atoms with Crippen LogP contribution >= 0.6 is 0 Å². The van der Waals surface area contributed by atoms with Crippen molar-refractivity contribution in [3.63, 3.8) is 0 Å². The molecule has 1 aliphatic carbocycles. The third-order valence-corrected chi connectivity index (χ3v) is 15.8. The molecule has 0 amide bonds. The van der Waals surface area contributed by atoms with Crippen LogP contribution in [-0.4, -0.2) is 72.1 Å². The van der Waals surface area contributed by atoms with E-state index in [1.165, 1.54) is 22.3 Å². The molecular formula is C39H52O9Si. The lowest BCUT2D eigenvalue weighted by Crippen LogP contribution is -2.71. The Bertz CT molecular complexity index is 1630. The highest BCUT2D eigenvalue weighted by molar-refractivity contribution is 7.15. The van der Waals surface area contributed by atoms with Crippen molar-refractivity contribution in [3.8, 4) is 51.7 Å². The van der Waals surface area contributed by atoms with Gasteiger partial charge in [0, 0.05) is 21.1 Å². The SMILES string of the molecule is COc1cc(C)c(OC)c(OC)c1[Si](c1c(OC)cc(C)c(OC)c1OC)(c1c(OC)cc(C)c(OC)c1OC)C1C(C)=C(C)C(C)=C1C. The molecule has 0 unspecified atom stereocenters. The molecule has 3 aromatic rings. The Hall–Kier alpha value is -4.44. The molecule has 4 rings (SSSR count). The van der Waals surface area contributed by atoms with E-state index in [0.717, 1.165) is 32.3 Å². The van der Waals surface area contributed by atoms with E-state index in [9.17, 15) is 0 Å². The molecule has 0 aliphatic heterocycles. The Morgan fingerprint density at radius 2 is 0.612 bits per heavy atom. The van der Waals surface area contributed by atoms with Gasteiger partial charge in [0.1, 0.15) is 17.2 Å². The second-order valence-electron chi connectivity index (χ2n) is 12.4. The summed E-state index contributed by atoms with van der Waals surface area (Å²) in [5.74, 6) is 5.16. The maximum absolute atomic E-state index is 6.45. The van der Waals surface area contributed by atoms with Gasteiger partial charge in [0.2, 0.25) is 0 Å². The van der Waals surface area contributed by atoms with Gasteiger partial charge in [-0.25, -0.2) is 0 Å². The smallest absolute Gasteiger partial charge is 0.188 e. The maximum Gasteiger partial charge on any atom is 0.188 e. The Labute approximate surface area is 292 Å². The van der Waals surface area contributed by atoms with Gasteiger partial charge in [-0.3, -0.25) is 0 Å². The molecule has 9 nitrogen and oxygen atoms in total. The largest absolute Gasteiger partial charge is 0.497 e. The zero-order valence-electron chi connectivity index (χ0n) is 32.0. The first-order valence-corrected chi connectivity index (χ1v) is 18.2. The number of benzene rings is 3. The van der Waals surface area contributed by atoms with Crippen molar-refractivity contribution in [1.82, 2.24) is 0 Å². The third kappa shape index (κ3) is 5.44. The molecule has 0 N–H and O–H groups in total. The van der Waals surface area contributed by atoms with Crippen LogP contribution in [0.2, 0.25) is 5.54 Å². The Balaban J connectivity index is 2.67. The molecule has 3 aromatic carbocycles. The van der Waals surface area contributed by atoms with Crippen LogP contribution in [0.3, 0.4) is 0 Å². The molecule has 1 aliphatic rings. The Morgan fingerprint density at radius 1 is 0.367 bits per heavy atom. The van der Waals surface area contributed by atoms with E-state index < -0.39 is 8.07 Å². The van der Waals surface area contributed by atoms with E-state index in [2.05, 4.69) is 27.7 Å². The van der Waals surface area contributed by atoms with Gasteiger partial charge in [0.25, 0.3) is 0 Å². The lowest BCUT2D eigenvalue weighted by Gasteiger charge is -2.44. The number of aryl methyl sites for hydroxylation is 3. The molecule has 10 heteroatoms. The number of allylic oxidation sites excluding steroid dienone is 4. The highest BCUT2D eigenvalue weighted by Crippen LogP contribution is 2.54. The van der Waals surface area contributed by atoms with E-state index in [4.69, 9.17) is 42.6 Å². The van der Waals surface area contributed by atoms with Crippen molar-refractivity contribution in [3.05, 3.63) is 57.2 Å². The molecular weight excluding hydrogens is 641 g/mol. The molecule has 0 saturated carbocycles. The van der Waals surface area contributed by atoms with Gasteiger partial charge in [0.15, 0.2) is 42.6 Å². The van der Waals surface area contributed by atoms with Crippen molar-refractivity contribution in [2.75, 3.05) is 64.0 Å². The Morgan fingerprint density at radius 3 is 0.816 bits per heavy atom. The van der Waals surface area contributed by atoms with E-state index >= 15 is 0 Å².